The Morgan fingerprint density at radius 1 is 1.15 bits per heavy atom. The summed E-state index contributed by atoms with van der Waals surface area (Å²) in [6.45, 7) is 5.17. The molecule has 1 fully saturated rings. The van der Waals surface area contributed by atoms with Crippen LogP contribution in [-0.4, -0.2) is 50.3 Å². The lowest BCUT2D eigenvalue weighted by molar-refractivity contribution is -0.0586. The average Bonchev–Trinajstić information content (AvgIpc) is 2.44. The minimum Gasteiger partial charge on any atom is -0.493 e. The summed E-state index contributed by atoms with van der Waals surface area (Å²) in [7, 11) is 3.13. The molecule has 110 valence electrons. The molecule has 1 saturated heterocycles. The summed E-state index contributed by atoms with van der Waals surface area (Å²) in [4.78, 5) is 14.4. The summed E-state index contributed by atoms with van der Waals surface area (Å²) < 4.78 is 16.1. The number of carbonyl (C=O) groups excluding carboxylic acids is 1. The zero-order valence-electron chi connectivity index (χ0n) is 12.4. The lowest BCUT2D eigenvalue weighted by Crippen LogP contribution is -2.48. The van der Waals surface area contributed by atoms with Gasteiger partial charge >= 0.3 is 0 Å². The minimum absolute atomic E-state index is 0.00652. The third-order valence-corrected chi connectivity index (χ3v) is 3.34. The zero-order valence-corrected chi connectivity index (χ0v) is 12.4. The van der Waals surface area contributed by atoms with Crippen LogP contribution in [0.15, 0.2) is 18.2 Å². The van der Waals surface area contributed by atoms with Gasteiger partial charge in [0.1, 0.15) is 0 Å². The van der Waals surface area contributed by atoms with Crippen LogP contribution in [0.4, 0.5) is 0 Å². The molecule has 0 bridgehead atoms. The molecule has 0 radical (unpaired) electrons. The first-order valence-corrected chi connectivity index (χ1v) is 6.72. The number of carbonyl (C=O) groups is 1. The third kappa shape index (κ3) is 3.04. The third-order valence-electron chi connectivity index (χ3n) is 3.34. The number of nitrogens with zero attached hydrogens (tertiary/aromatic N) is 1. The highest BCUT2D eigenvalue weighted by Crippen LogP contribution is 2.28. The van der Waals surface area contributed by atoms with Crippen LogP contribution in [0.1, 0.15) is 24.2 Å². The van der Waals surface area contributed by atoms with E-state index in [1.807, 2.05) is 18.7 Å². The van der Waals surface area contributed by atoms with E-state index >= 15 is 0 Å². The molecule has 20 heavy (non-hydrogen) atoms. The van der Waals surface area contributed by atoms with Gasteiger partial charge in [0.2, 0.25) is 0 Å². The van der Waals surface area contributed by atoms with Crippen LogP contribution < -0.4 is 9.47 Å². The molecule has 1 aromatic carbocycles. The highest BCUT2D eigenvalue weighted by molar-refractivity contribution is 5.95. The van der Waals surface area contributed by atoms with E-state index in [4.69, 9.17) is 14.2 Å². The largest absolute Gasteiger partial charge is 0.493 e. The van der Waals surface area contributed by atoms with Crippen molar-refractivity contribution in [2.24, 2.45) is 0 Å². The standard InChI is InChI=1S/C15H21NO4/c1-10-8-16(9-11(2)20-10)15(17)12-5-6-13(18-3)14(7-12)19-4/h5-7,10-11H,8-9H2,1-4H3/t10-,11-/m0/s1. The molecule has 1 aliphatic heterocycles. The van der Waals surface area contributed by atoms with Crippen molar-refractivity contribution in [2.45, 2.75) is 26.1 Å². The Morgan fingerprint density at radius 3 is 2.30 bits per heavy atom. The van der Waals surface area contributed by atoms with Crippen LogP contribution in [0.2, 0.25) is 0 Å². The predicted octanol–water partition coefficient (Wildman–Crippen LogP) is 1.95. The second kappa shape index (κ2) is 6.13. The molecule has 0 unspecified atom stereocenters. The van der Waals surface area contributed by atoms with Gasteiger partial charge in [0.05, 0.1) is 26.4 Å². The Morgan fingerprint density at radius 2 is 1.75 bits per heavy atom. The van der Waals surface area contributed by atoms with Crippen LogP contribution in [0.25, 0.3) is 0 Å². The Labute approximate surface area is 119 Å². The van der Waals surface area contributed by atoms with E-state index < -0.39 is 0 Å². The van der Waals surface area contributed by atoms with Gasteiger partial charge in [0.15, 0.2) is 11.5 Å². The monoisotopic (exact) mass is 279 g/mol. The number of ether oxygens (including phenoxy) is 3. The molecule has 1 aliphatic rings. The molecule has 1 amide bonds. The van der Waals surface area contributed by atoms with Crippen molar-refractivity contribution in [3.8, 4) is 11.5 Å². The fourth-order valence-corrected chi connectivity index (χ4v) is 2.50. The van der Waals surface area contributed by atoms with Gasteiger partial charge in [-0.15, -0.1) is 0 Å². The number of rotatable bonds is 3. The Balaban J connectivity index is 2.20. The minimum atomic E-state index is -0.00652. The average molecular weight is 279 g/mol. The molecule has 5 heteroatoms. The van der Waals surface area contributed by atoms with Crippen molar-refractivity contribution in [1.29, 1.82) is 0 Å². The predicted molar refractivity (Wildman–Crippen MR) is 75.5 cm³/mol. The summed E-state index contributed by atoms with van der Waals surface area (Å²) in [6, 6.07) is 5.22. The van der Waals surface area contributed by atoms with E-state index in [1.165, 1.54) is 0 Å². The first kappa shape index (κ1) is 14.7. The maximum absolute atomic E-state index is 12.5. The number of morpholine rings is 1. The molecule has 2 rings (SSSR count). The van der Waals surface area contributed by atoms with E-state index in [0.717, 1.165) is 0 Å². The lowest BCUT2D eigenvalue weighted by Gasteiger charge is -2.35. The molecular formula is C15H21NO4. The van der Waals surface area contributed by atoms with Crippen molar-refractivity contribution < 1.29 is 19.0 Å². The first-order valence-electron chi connectivity index (χ1n) is 6.72. The summed E-state index contributed by atoms with van der Waals surface area (Å²) in [5, 5.41) is 0. The Bertz CT molecular complexity index is 479. The normalized spacial score (nSPS) is 22.5. The molecule has 2 atom stereocenters. The van der Waals surface area contributed by atoms with Gasteiger partial charge in [0.25, 0.3) is 5.91 Å². The van der Waals surface area contributed by atoms with Crippen molar-refractivity contribution in [3.05, 3.63) is 23.8 Å². The highest BCUT2D eigenvalue weighted by atomic mass is 16.5. The molecule has 0 N–H and O–H groups in total. The van der Waals surface area contributed by atoms with Gasteiger partial charge in [0, 0.05) is 18.7 Å². The molecule has 0 aliphatic carbocycles. The summed E-state index contributed by atoms with van der Waals surface area (Å²) in [5.74, 6) is 1.17. The smallest absolute Gasteiger partial charge is 0.254 e. The maximum Gasteiger partial charge on any atom is 0.254 e. The van der Waals surface area contributed by atoms with Gasteiger partial charge in [-0.3, -0.25) is 4.79 Å². The molecule has 1 aromatic rings. The van der Waals surface area contributed by atoms with E-state index in [9.17, 15) is 4.79 Å². The van der Waals surface area contributed by atoms with Crippen LogP contribution >= 0.6 is 0 Å². The molecule has 0 saturated carbocycles. The van der Waals surface area contributed by atoms with Crippen molar-refractivity contribution in [2.75, 3.05) is 27.3 Å². The quantitative estimate of drug-likeness (QED) is 0.848. The van der Waals surface area contributed by atoms with Gasteiger partial charge in [-0.25, -0.2) is 0 Å². The van der Waals surface area contributed by atoms with E-state index in [0.29, 0.717) is 30.2 Å². The van der Waals surface area contributed by atoms with Gasteiger partial charge in [-0.1, -0.05) is 0 Å². The van der Waals surface area contributed by atoms with Crippen molar-refractivity contribution in [3.63, 3.8) is 0 Å². The summed E-state index contributed by atoms with van der Waals surface area (Å²) in [5.41, 5.74) is 0.601. The molecule has 0 aromatic heterocycles. The molecule has 1 heterocycles. The van der Waals surface area contributed by atoms with Gasteiger partial charge in [-0.05, 0) is 32.0 Å². The van der Waals surface area contributed by atoms with Gasteiger partial charge < -0.3 is 19.1 Å². The Hall–Kier alpha value is -1.75. The van der Waals surface area contributed by atoms with Gasteiger partial charge in [-0.2, -0.15) is 0 Å². The number of amides is 1. The molecule has 0 spiro atoms. The summed E-state index contributed by atoms with van der Waals surface area (Å²) in [6.07, 6.45) is 0.116. The van der Waals surface area contributed by atoms with Crippen molar-refractivity contribution in [1.82, 2.24) is 4.90 Å². The number of hydrogen-bond donors (Lipinski definition) is 0. The van der Waals surface area contributed by atoms with E-state index in [-0.39, 0.29) is 18.1 Å². The Kier molecular flexibility index (Phi) is 4.49. The van der Waals surface area contributed by atoms with E-state index in [1.54, 1.807) is 32.4 Å². The SMILES string of the molecule is COc1ccc(C(=O)N2C[C@H](C)O[C@@H](C)C2)cc1OC. The zero-order chi connectivity index (χ0) is 14.7. The fraction of sp³-hybridized carbons (Fsp3) is 0.533. The first-order chi connectivity index (χ1) is 9.55. The molecular weight excluding hydrogens is 258 g/mol. The maximum atomic E-state index is 12.5. The van der Waals surface area contributed by atoms with Crippen LogP contribution in [0.5, 0.6) is 11.5 Å². The lowest BCUT2D eigenvalue weighted by atomic mass is 10.1. The van der Waals surface area contributed by atoms with Crippen LogP contribution in [0, 0.1) is 0 Å². The van der Waals surface area contributed by atoms with Crippen molar-refractivity contribution >= 4 is 5.91 Å². The number of benzene rings is 1. The number of hydrogen-bond acceptors (Lipinski definition) is 4. The second-order valence-corrected chi connectivity index (χ2v) is 5.04. The van der Waals surface area contributed by atoms with E-state index in [2.05, 4.69) is 0 Å². The van der Waals surface area contributed by atoms with Crippen LogP contribution in [0.3, 0.4) is 0 Å². The second-order valence-electron chi connectivity index (χ2n) is 5.04. The highest BCUT2D eigenvalue weighted by Gasteiger charge is 2.27. The molecule has 5 nitrogen and oxygen atoms in total. The summed E-state index contributed by atoms with van der Waals surface area (Å²) >= 11 is 0. The fourth-order valence-electron chi connectivity index (χ4n) is 2.50. The topological polar surface area (TPSA) is 48.0 Å². The van der Waals surface area contributed by atoms with Crippen LogP contribution in [-0.2, 0) is 4.74 Å². The number of methoxy groups -OCH3 is 2.